The molecule has 0 atom stereocenters. The summed E-state index contributed by atoms with van der Waals surface area (Å²) < 4.78 is 24.5. The molecule has 1 aromatic heterocycles. The number of hydrogen-bond donors (Lipinski definition) is 0. The third-order valence-corrected chi connectivity index (χ3v) is 6.79. The van der Waals surface area contributed by atoms with Gasteiger partial charge in [-0.15, -0.1) is 11.3 Å². The number of nitrogens with zero attached hydrogens (tertiary/aromatic N) is 1. The Bertz CT molecular complexity index is 891. The van der Waals surface area contributed by atoms with Gasteiger partial charge in [-0.2, -0.15) is 0 Å². The van der Waals surface area contributed by atoms with Gasteiger partial charge in [-0.1, -0.05) is 42.5 Å². The zero-order chi connectivity index (χ0) is 18.4. The summed E-state index contributed by atoms with van der Waals surface area (Å²) in [7, 11) is -3.06. The standard InChI is InChI=1S/C20H22NO3PS/c1-3-23-25(22,24-4-2)15-17-11-9-16(10-12-17)13-14-20-21-18-7-5-6-8-19(18)26-20/h5-14H,3-4,15H2,1-2H3/b14-13+. The second kappa shape index (κ2) is 8.74. The van der Waals surface area contributed by atoms with Gasteiger partial charge in [0, 0.05) is 0 Å². The fourth-order valence-electron chi connectivity index (χ4n) is 2.61. The van der Waals surface area contributed by atoms with Crippen LogP contribution in [-0.2, 0) is 19.8 Å². The van der Waals surface area contributed by atoms with Gasteiger partial charge in [0.15, 0.2) is 0 Å². The highest BCUT2D eigenvalue weighted by Gasteiger charge is 2.23. The Morgan fingerprint density at radius 3 is 2.35 bits per heavy atom. The lowest BCUT2D eigenvalue weighted by Gasteiger charge is -2.16. The lowest BCUT2D eigenvalue weighted by atomic mass is 10.1. The quantitative estimate of drug-likeness (QED) is 0.430. The summed E-state index contributed by atoms with van der Waals surface area (Å²) in [5.74, 6) is 0. The molecule has 0 radical (unpaired) electrons. The molecule has 6 heteroatoms. The summed E-state index contributed by atoms with van der Waals surface area (Å²) in [6.07, 6.45) is 4.34. The van der Waals surface area contributed by atoms with Crippen molar-refractivity contribution in [2.45, 2.75) is 20.0 Å². The molecule has 0 unspecified atom stereocenters. The molecule has 3 rings (SSSR count). The van der Waals surface area contributed by atoms with Gasteiger partial charge in [0.1, 0.15) is 5.01 Å². The summed E-state index contributed by atoms with van der Waals surface area (Å²) in [6, 6.07) is 16.0. The van der Waals surface area contributed by atoms with Crippen LogP contribution in [0.1, 0.15) is 30.0 Å². The minimum Gasteiger partial charge on any atom is -0.309 e. The molecule has 3 aromatic rings. The van der Waals surface area contributed by atoms with Gasteiger partial charge in [-0.05, 0) is 43.2 Å². The van der Waals surface area contributed by atoms with Crippen molar-refractivity contribution in [1.82, 2.24) is 4.98 Å². The Hall–Kier alpha value is -1.78. The number of thiazole rings is 1. The molecule has 0 amide bonds. The van der Waals surface area contributed by atoms with Crippen molar-refractivity contribution in [1.29, 1.82) is 0 Å². The highest BCUT2D eigenvalue weighted by molar-refractivity contribution is 7.53. The maximum atomic E-state index is 12.6. The lowest BCUT2D eigenvalue weighted by Crippen LogP contribution is -1.99. The van der Waals surface area contributed by atoms with E-state index >= 15 is 0 Å². The molecule has 2 aromatic carbocycles. The van der Waals surface area contributed by atoms with Gasteiger partial charge in [-0.25, -0.2) is 4.98 Å². The summed E-state index contributed by atoms with van der Waals surface area (Å²) in [5.41, 5.74) is 3.03. The molecule has 26 heavy (non-hydrogen) atoms. The summed E-state index contributed by atoms with van der Waals surface area (Å²) in [5, 5.41) is 0.979. The molecule has 4 nitrogen and oxygen atoms in total. The van der Waals surface area contributed by atoms with Crippen LogP contribution in [0.15, 0.2) is 48.5 Å². The minimum atomic E-state index is -3.06. The molecule has 0 fully saturated rings. The lowest BCUT2D eigenvalue weighted by molar-refractivity contribution is 0.219. The number of hydrogen-bond acceptors (Lipinski definition) is 5. The normalized spacial score (nSPS) is 12.2. The smallest absolute Gasteiger partial charge is 0.309 e. The summed E-state index contributed by atoms with van der Waals surface area (Å²) in [4.78, 5) is 4.60. The van der Waals surface area contributed by atoms with Crippen LogP contribution in [0, 0.1) is 0 Å². The molecule has 0 bridgehead atoms. The highest BCUT2D eigenvalue weighted by atomic mass is 32.1. The molecule has 0 aliphatic heterocycles. The number of para-hydroxylation sites is 1. The van der Waals surface area contributed by atoms with Gasteiger partial charge in [0.05, 0.1) is 29.6 Å². The monoisotopic (exact) mass is 387 g/mol. The molecular formula is C20H22NO3PS. The van der Waals surface area contributed by atoms with E-state index in [0.29, 0.717) is 13.2 Å². The van der Waals surface area contributed by atoms with Crippen LogP contribution in [0.2, 0.25) is 0 Å². The van der Waals surface area contributed by atoms with Crippen LogP contribution < -0.4 is 0 Å². The van der Waals surface area contributed by atoms with Crippen LogP contribution in [0.3, 0.4) is 0 Å². The molecular weight excluding hydrogens is 365 g/mol. The van der Waals surface area contributed by atoms with E-state index in [-0.39, 0.29) is 6.16 Å². The number of benzene rings is 2. The minimum absolute atomic E-state index is 0.288. The Balaban J connectivity index is 1.69. The maximum absolute atomic E-state index is 12.6. The van der Waals surface area contributed by atoms with Gasteiger partial charge >= 0.3 is 7.60 Å². The molecule has 0 saturated carbocycles. The predicted molar refractivity (Wildman–Crippen MR) is 110 cm³/mol. The topological polar surface area (TPSA) is 48.4 Å². The van der Waals surface area contributed by atoms with Crippen molar-refractivity contribution in [3.8, 4) is 0 Å². The van der Waals surface area contributed by atoms with E-state index in [1.807, 2.05) is 68.5 Å². The second-order valence-corrected chi connectivity index (χ2v) is 8.82. The zero-order valence-corrected chi connectivity index (χ0v) is 16.6. The molecule has 136 valence electrons. The van der Waals surface area contributed by atoms with E-state index < -0.39 is 7.60 Å². The van der Waals surface area contributed by atoms with E-state index in [9.17, 15) is 4.57 Å². The molecule has 0 aliphatic rings. The first-order valence-corrected chi connectivity index (χ1v) is 11.2. The second-order valence-electron chi connectivity index (χ2n) is 5.70. The van der Waals surface area contributed by atoms with Crippen LogP contribution >= 0.6 is 18.9 Å². The molecule has 0 spiro atoms. The fraction of sp³-hybridized carbons (Fsp3) is 0.250. The maximum Gasteiger partial charge on any atom is 0.335 e. The third kappa shape index (κ3) is 4.89. The zero-order valence-electron chi connectivity index (χ0n) is 14.9. The SMILES string of the molecule is CCOP(=O)(Cc1ccc(/C=C/c2nc3ccccc3s2)cc1)OCC. The van der Waals surface area contributed by atoms with E-state index in [1.54, 1.807) is 11.3 Å². The first-order valence-electron chi connectivity index (χ1n) is 8.62. The molecule has 1 heterocycles. The number of fused-ring (bicyclic) bond motifs is 1. The van der Waals surface area contributed by atoms with Crippen molar-refractivity contribution in [2.75, 3.05) is 13.2 Å². The fourth-order valence-corrected chi connectivity index (χ4v) is 5.18. The van der Waals surface area contributed by atoms with Crippen LogP contribution in [0.5, 0.6) is 0 Å². The molecule has 0 aliphatic carbocycles. The van der Waals surface area contributed by atoms with Crippen molar-refractivity contribution in [2.24, 2.45) is 0 Å². The summed E-state index contributed by atoms with van der Waals surface area (Å²) >= 11 is 1.67. The van der Waals surface area contributed by atoms with E-state index in [4.69, 9.17) is 9.05 Å². The average molecular weight is 387 g/mol. The van der Waals surface area contributed by atoms with E-state index in [1.165, 1.54) is 4.70 Å². The van der Waals surface area contributed by atoms with Crippen molar-refractivity contribution < 1.29 is 13.6 Å². The van der Waals surface area contributed by atoms with Crippen molar-refractivity contribution >= 4 is 41.3 Å². The van der Waals surface area contributed by atoms with Crippen molar-refractivity contribution in [3.05, 3.63) is 64.7 Å². The Morgan fingerprint density at radius 2 is 1.69 bits per heavy atom. The van der Waals surface area contributed by atoms with E-state index in [0.717, 1.165) is 21.7 Å². The number of aromatic nitrogens is 1. The first kappa shape index (κ1) is 19.0. The van der Waals surface area contributed by atoms with Gasteiger partial charge in [-0.3, -0.25) is 4.57 Å². The van der Waals surface area contributed by atoms with Crippen LogP contribution in [-0.4, -0.2) is 18.2 Å². The Kier molecular flexibility index (Phi) is 6.38. The summed E-state index contributed by atoms with van der Waals surface area (Å²) in [6.45, 7) is 4.39. The number of rotatable bonds is 8. The average Bonchev–Trinajstić information content (AvgIpc) is 3.04. The Morgan fingerprint density at radius 1 is 1.00 bits per heavy atom. The van der Waals surface area contributed by atoms with Gasteiger partial charge in [0.2, 0.25) is 0 Å². The largest absolute Gasteiger partial charge is 0.335 e. The van der Waals surface area contributed by atoms with Gasteiger partial charge in [0.25, 0.3) is 0 Å². The van der Waals surface area contributed by atoms with Crippen LogP contribution in [0.4, 0.5) is 0 Å². The molecule has 0 N–H and O–H groups in total. The Labute approximate surface area is 158 Å². The van der Waals surface area contributed by atoms with E-state index in [2.05, 4.69) is 11.1 Å². The molecule has 0 saturated heterocycles. The highest BCUT2D eigenvalue weighted by Crippen LogP contribution is 2.51. The van der Waals surface area contributed by atoms with Crippen molar-refractivity contribution in [3.63, 3.8) is 0 Å². The van der Waals surface area contributed by atoms with Gasteiger partial charge < -0.3 is 9.05 Å². The predicted octanol–water partition coefficient (Wildman–Crippen LogP) is 6.23. The third-order valence-electron chi connectivity index (χ3n) is 3.74. The van der Waals surface area contributed by atoms with Crippen LogP contribution in [0.25, 0.3) is 22.4 Å². The first-order chi connectivity index (χ1) is 12.6.